The van der Waals surface area contributed by atoms with Crippen LogP contribution in [0.25, 0.3) is 5.82 Å². The van der Waals surface area contributed by atoms with Gasteiger partial charge in [0.05, 0.1) is 22.5 Å². The first-order valence-electron chi connectivity index (χ1n) is 11.4. The minimum absolute atomic E-state index is 0.116. The number of carbonyl (C=O) groups is 2. The molecule has 6 nitrogen and oxygen atoms in total. The predicted molar refractivity (Wildman–Crippen MR) is 129 cm³/mol. The lowest BCUT2D eigenvalue weighted by atomic mass is 9.75. The Hall–Kier alpha value is -3.61. The van der Waals surface area contributed by atoms with Crippen LogP contribution in [-0.4, -0.2) is 38.4 Å². The van der Waals surface area contributed by atoms with E-state index in [9.17, 15) is 14.0 Å². The summed E-state index contributed by atoms with van der Waals surface area (Å²) in [5, 5.41) is 4.75. The van der Waals surface area contributed by atoms with Gasteiger partial charge in [0, 0.05) is 26.2 Å². The van der Waals surface area contributed by atoms with Crippen molar-refractivity contribution in [2.45, 2.75) is 46.1 Å². The number of allylic oxidation sites excluding steroid dienone is 1. The summed E-state index contributed by atoms with van der Waals surface area (Å²) in [7, 11) is 1.70. The van der Waals surface area contributed by atoms with Crippen LogP contribution in [0.3, 0.4) is 0 Å². The lowest BCUT2D eigenvalue weighted by Gasteiger charge is -2.29. The molecule has 0 radical (unpaired) electrons. The summed E-state index contributed by atoms with van der Waals surface area (Å²) in [4.78, 5) is 31.9. The number of Topliss-reactive ketones (excluding diaryl/α,β-unsaturated/α-hetero) is 1. The number of carbonyl (C=O) groups excluding carboxylic acids is 2. The zero-order valence-corrected chi connectivity index (χ0v) is 19.8. The number of halogens is 1. The molecule has 0 saturated heterocycles. The molecule has 0 spiro atoms. The summed E-state index contributed by atoms with van der Waals surface area (Å²) in [6.45, 7) is 8.31. The van der Waals surface area contributed by atoms with Crippen LogP contribution in [-0.2, 0) is 19.4 Å². The Bertz CT molecular complexity index is 1230. The van der Waals surface area contributed by atoms with Crippen molar-refractivity contribution < 1.29 is 14.0 Å². The second-order valence-corrected chi connectivity index (χ2v) is 9.64. The lowest BCUT2D eigenvalue weighted by Crippen LogP contribution is -2.28. The zero-order chi connectivity index (χ0) is 24.5. The summed E-state index contributed by atoms with van der Waals surface area (Å²) >= 11 is 0. The van der Waals surface area contributed by atoms with E-state index in [-0.39, 0.29) is 22.9 Å². The molecule has 1 amide bonds. The van der Waals surface area contributed by atoms with E-state index in [4.69, 9.17) is 5.10 Å². The van der Waals surface area contributed by atoms with Crippen molar-refractivity contribution >= 4 is 11.7 Å². The normalized spacial score (nSPS) is 14.5. The molecule has 0 atom stereocenters. The standard InChI is InChI=1S/C27H29FN4O2/c1-5-6-7-21-25-22(14-27(2,3)15-23(25)33)32(30-21)24-13-10-19(16-29-24)26(34)31(4)17-18-8-11-20(28)12-9-18/h5,8-13,16H,1,6-7,14-15,17H2,2-4H3. The van der Waals surface area contributed by atoms with Crippen LogP contribution in [0.4, 0.5) is 4.39 Å². The second-order valence-electron chi connectivity index (χ2n) is 9.64. The van der Waals surface area contributed by atoms with E-state index in [1.54, 1.807) is 40.9 Å². The van der Waals surface area contributed by atoms with Crippen molar-refractivity contribution in [3.05, 3.63) is 89.1 Å². The third kappa shape index (κ3) is 4.83. The van der Waals surface area contributed by atoms with Crippen LogP contribution in [0.1, 0.15) is 64.4 Å². The van der Waals surface area contributed by atoms with Crippen molar-refractivity contribution in [2.24, 2.45) is 5.41 Å². The third-order valence-corrected chi connectivity index (χ3v) is 6.09. The first kappa shape index (κ1) is 23.5. The summed E-state index contributed by atoms with van der Waals surface area (Å²) in [6, 6.07) is 9.56. The number of aromatic nitrogens is 3. The van der Waals surface area contributed by atoms with Gasteiger partial charge in [-0.05, 0) is 54.5 Å². The molecule has 0 fully saturated rings. The number of fused-ring (bicyclic) bond motifs is 1. The highest BCUT2D eigenvalue weighted by Crippen LogP contribution is 2.37. The van der Waals surface area contributed by atoms with Crippen LogP contribution in [0.15, 0.2) is 55.3 Å². The van der Waals surface area contributed by atoms with Gasteiger partial charge in [-0.15, -0.1) is 6.58 Å². The third-order valence-electron chi connectivity index (χ3n) is 6.09. The van der Waals surface area contributed by atoms with Crippen molar-refractivity contribution in [1.82, 2.24) is 19.7 Å². The Morgan fingerprint density at radius 2 is 1.94 bits per heavy atom. The largest absolute Gasteiger partial charge is 0.337 e. The highest BCUT2D eigenvalue weighted by molar-refractivity contribution is 6.00. The van der Waals surface area contributed by atoms with Gasteiger partial charge in [0.25, 0.3) is 5.91 Å². The fraction of sp³-hybridized carbons (Fsp3) is 0.333. The SMILES string of the molecule is C=CCCc1nn(-c2ccc(C(=O)N(C)Cc3ccc(F)cc3)cn2)c2c1C(=O)CC(C)(C)C2. The van der Waals surface area contributed by atoms with Crippen LogP contribution in [0.5, 0.6) is 0 Å². The Labute approximate surface area is 199 Å². The Morgan fingerprint density at radius 3 is 2.59 bits per heavy atom. The van der Waals surface area contributed by atoms with E-state index in [2.05, 4.69) is 25.4 Å². The van der Waals surface area contributed by atoms with Gasteiger partial charge in [-0.3, -0.25) is 9.59 Å². The number of hydrogen-bond donors (Lipinski definition) is 0. The summed E-state index contributed by atoms with van der Waals surface area (Å²) < 4.78 is 14.9. The number of benzene rings is 1. The molecule has 0 aliphatic heterocycles. The van der Waals surface area contributed by atoms with Gasteiger partial charge in [-0.2, -0.15) is 5.10 Å². The molecule has 176 valence electrons. The van der Waals surface area contributed by atoms with E-state index in [1.807, 2.05) is 6.08 Å². The first-order chi connectivity index (χ1) is 16.2. The molecule has 1 aliphatic rings. The maximum Gasteiger partial charge on any atom is 0.255 e. The number of pyridine rings is 1. The van der Waals surface area contributed by atoms with Crippen molar-refractivity contribution in [3.63, 3.8) is 0 Å². The lowest BCUT2D eigenvalue weighted by molar-refractivity contribution is 0.0784. The van der Waals surface area contributed by atoms with Crippen LogP contribution in [0.2, 0.25) is 0 Å². The average Bonchev–Trinajstić information content (AvgIpc) is 3.16. The molecule has 2 aromatic heterocycles. The molecule has 3 aromatic rings. The quantitative estimate of drug-likeness (QED) is 0.468. The van der Waals surface area contributed by atoms with Gasteiger partial charge < -0.3 is 4.90 Å². The number of hydrogen-bond acceptors (Lipinski definition) is 4. The van der Waals surface area contributed by atoms with Crippen molar-refractivity contribution in [2.75, 3.05) is 7.05 Å². The minimum atomic E-state index is -0.309. The van der Waals surface area contributed by atoms with Crippen molar-refractivity contribution in [3.8, 4) is 5.82 Å². The molecule has 0 N–H and O–H groups in total. The summed E-state index contributed by atoms with van der Waals surface area (Å²) in [6.07, 6.45) is 5.96. The maximum atomic E-state index is 13.1. The van der Waals surface area contributed by atoms with E-state index >= 15 is 0 Å². The highest BCUT2D eigenvalue weighted by atomic mass is 19.1. The number of amides is 1. The summed E-state index contributed by atoms with van der Waals surface area (Å²) in [5.74, 6) is 0.194. The molecular weight excluding hydrogens is 431 g/mol. The molecule has 0 bridgehead atoms. The average molecular weight is 461 g/mol. The summed E-state index contributed by atoms with van der Waals surface area (Å²) in [5.41, 5.74) is 3.48. The molecular formula is C27H29FN4O2. The zero-order valence-electron chi connectivity index (χ0n) is 19.8. The second kappa shape index (κ2) is 9.33. The van der Waals surface area contributed by atoms with Gasteiger partial charge in [-0.1, -0.05) is 32.1 Å². The van der Waals surface area contributed by atoms with Crippen LogP contribution < -0.4 is 0 Å². The fourth-order valence-corrected chi connectivity index (χ4v) is 4.42. The predicted octanol–water partition coefficient (Wildman–Crippen LogP) is 4.95. The maximum absolute atomic E-state index is 13.1. The molecule has 0 saturated carbocycles. The van der Waals surface area contributed by atoms with E-state index in [1.165, 1.54) is 18.3 Å². The van der Waals surface area contributed by atoms with E-state index < -0.39 is 0 Å². The van der Waals surface area contributed by atoms with Gasteiger partial charge in [0.2, 0.25) is 0 Å². The minimum Gasteiger partial charge on any atom is -0.337 e. The van der Waals surface area contributed by atoms with Gasteiger partial charge in [0.15, 0.2) is 11.6 Å². The number of nitrogens with zero attached hydrogens (tertiary/aromatic N) is 4. The number of aryl methyl sites for hydroxylation is 1. The molecule has 7 heteroatoms. The van der Waals surface area contributed by atoms with E-state index in [0.717, 1.165) is 29.8 Å². The van der Waals surface area contributed by atoms with Crippen molar-refractivity contribution in [1.29, 1.82) is 0 Å². The van der Waals surface area contributed by atoms with Gasteiger partial charge >= 0.3 is 0 Å². The number of ketones is 1. The monoisotopic (exact) mass is 460 g/mol. The Morgan fingerprint density at radius 1 is 1.21 bits per heavy atom. The first-order valence-corrected chi connectivity index (χ1v) is 11.4. The molecule has 4 rings (SSSR count). The van der Waals surface area contributed by atoms with Gasteiger partial charge in [0.1, 0.15) is 5.82 Å². The number of rotatable bonds is 7. The highest BCUT2D eigenvalue weighted by Gasteiger charge is 2.36. The molecule has 34 heavy (non-hydrogen) atoms. The molecule has 0 unspecified atom stereocenters. The van der Waals surface area contributed by atoms with E-state index in [0.29, 0.717) is 36.3 Å². The molecule has 1 aliphatic carbocycles. The smallest absolute Gasteiger partial charge is 0.255 e. The Kier molecular flexibility index (Phi) is 6.46. The molecule has 2 heterocycles. The molecule has 1 aromatic carbocycles. The van der Waals surface area contributed by atoms with Crippen LogP contribution in [0, 0.1) is 11.2 Å². The fourth-order valence-electron chi connectivity index (χ4n) is 4.42. The Balaban J connectivity index is 1.60. The van der Waals surface area contributed by atoms with Gasteiger partial charge in [-0.25, -0.2) is 14.1 Å². The van der Waals surface area contributed by atoms with Crippen LogP contribution >= 0.6 is 0 Å². The topological polar surface area (TPSA) is 68.1 Å².